The molecule has 0 bridgehead atoms. The second-order valence-electron chi connectivity index (χ2n) is 11.1. The molecule has 3 nitrogen and oxygen atoms in total. The van der Waals surface area contributed by atoms with Crippen LogP contribution in [0.1, 0.15) is 0 Å². The van der Waals surface area contributed by atoms with Crippen LogP contribution in [0, 0.1) is 0 Å². The van der Waals surface area contributed by atoms with Crippen molar-refractivity contribution < 1.29 is 4.42 Å². The first-order valence-corrected chi connectivity index (χ1v) is 15.2. The fraction of sp³-hybridized carbons (Fsp3) is 0. The van der Waals surface area contributed by atoms with Crippen LogP contribution in [0.25, 0.3) is 33.1 Å². The number of hydrogen-bond acceptors (Lipinski definition) is 3. The Morgan fingerprint density at radius 1 is 0.289 bits per heavy atom. The van der Waals surface area contributed by atoms with Gasteiger partial charge in [-0.3, -0.25) is 0 Å². The highest BCUT2D eigenvalue weighted by atomic mass is 16.3. The number of hydrogen-bond donors (Lipinski definition) is 0. The lowest BCUT2D eigenvalue weighted by Crippen LogP contribution is -2.09. The topological polar surface area (TPSA) is 19.6 Å². The van der Waals surface area contributed by atoms with Gasteiger partial charge in [0.05, 0.1) is 0 Å². The number of anilines is 6. The first-order valence-electron chi connectivity index (χ1n) is 15.2. The summed E-state index contributed by atoms with van der Waals surface area (Å²) in [6, 6.07) is 63.7. The number of benzene rings is 7. The normalized spacial score (nSPS) is 11.1. The van der Waals surface area contributed by atoms with Crippen molar-refractivity contribution in [2.45, 2.75) is 0 Å². The van der Waals surface area contributed by atoms with Crippen LogP contribution in [0.5, 0.6) is 0 Å². The van der Waals surface area contributed by atoms with E-state index in [9.17, 15) is 0 Å². The predicted octanol–water partition coefficient (Wildman–Crippen LogP) is 12.2. The molecule has 0 aliphatic carbocycles. The van der Waals surface area contributed by atoms with Gasteiger partial charge in [-0.1, -0.05) is 97.1 Å². The van der Waals surface area contributed by atoms with Crippen molar-refractivity contribution in [3.63, 3.8) is 0 Å². The van der Waals surface area contributed by atoms with E-state index in [1.807, 2.05) is 12.1 Å². The highest BCUT2D eigenvalue weighted by Gasteiger charge is 2.18. The van der Waals surface area contributed by atoms with E-state index in [4.69, 9.17) is 4.42 Å². The van der Waals surface area contributed by atoms with Crippen LogP contribution < -0.4 is 9.80 Å². The predicted molar refractivity (Wildman–Crippen MR) is 189 cm³/mol. The quantitative estimate of drug-likeness (QED) is 0.188. The Labute approximate surface area is 262 Å². The molecular formula is C42H30N2O. The lowest BCUT2D eigenvalue weighted by Gasteiger charge is -2.26. The summed E-state index contributed by atoms with van der Waals surface area (Å²) >= 11 is 0. The van der Waals surface area contributed by atoms with Crippen LogP contribution >= 0.6 is 0 Å². The number of furan rings is 1. The molecule has 0 unspecified atom stereocenters. The van der Waals surface area contributed by atoms with Gasteiger partial charge < -0.3 is 14.2 Å². The van der Waals surface area contributed by atoms with E-state index in [2.05, 4.69) is 180 Å². The summed E-state index contributed by atoms with van der Waals surface area (Å²) in [5, 5.41) is 2.17. The van der Waals surface area contributed by atoms with E-state index in [1.54, 1.807) is 0 Å². The van der Waals surface area contributed by atoms with E-state index in [0.717, 1.165) is 56.1 Å². The second kappa shape index (κ2) is 11.6. The third-order valence-electron chi connectivity index (χ3n) is 8.21. The molecule has 3 heteroatoms. The van der Waals surface area contributed by atoms with E-state index in [1.165, 1.54) is 11.1 Å². The molecule has 1 heterocycles. The van der Waals surface area contributed by atoms with E-state index in [-0.39, 0.29) is 0 Å². The van der Waals surface area contributed by atoms with Gasteiger partial charge in [-0.25, -0.2) is 0 Å². The minimum Gasteiger partial charge on any atom is -0.456 e. The molecule has 0 saturated carbocycles. The molecule has 0 atom stereocenters. The molecule has 8 aromatic rings. The molecule has 0 saturated heterocycles. The summed E-state index contributed by atoms with van der Waals surface area (Å²) < 4.78 is 6.51. The highest BCUT2D eigenvalue weighted by Crippen LogP contribution is 2.41. The molecule has 45 heavy (non-hydrogen) atoms. The van der Waals surface area contributed by atoms with Crippen LogP contribution in [0.2, 0.25) is 0 Å². The van der Waals surface area contributed by atoms with Crippen LogP contribution in [0.3, 0.4) is 0 Å². The average molecular weight is 579 g/mol. The smallest absolute Gasteiger partial charge is 0.137 e. The largest absolute Gasteiger partial charge is 0.456 e. The number of nitrogens with zero attached hydrogens (tertiary/aromatic N) is 2. The summed E-state index contributed by atoms with van der Waals surface area (Å²) in [5.74, 6) is 0. The summed E-state index contributed by atoms with van der Waals surface area (Å²) in [4.78, 5) is 4.57. The van der Waals surface area contributed by atoms with Crippen molar-refractivity contribution in [3.05, 3.63) is 182 Å². The second-order valence-corrected chi connectivity index (χ2v) is 11.1. The molecule has 0 radical (unpaired) electrons. The Kier molecular flexibility index (Phi) is 6.82. The Morgan fingerprint density at radius 3 is 1.38 bits per heavy atom. The molecule has 0 aliphatic heterocycles. The van der Waals surface area contributed by atoms with Gasteiger partial charge in [-0.15, -0.1) is 0 Å². The van der Waals surface area contributed by atoms with Crippen LogP contribution in [-0.4, -0.2) is 0 Å². The average Bonchev–Trinajstić information content (AvgIpc) is 3.48. The Balaban J connectivity index is 1.24. The Morgan fingerprint density at radius 2 is 0.756 bits per heavy atom. The van der Waals surface area contributed by atoms with Gasteiger partial charge in [0.25, 0.3) is 0 Å². The zero-order chi connectivity index (χ0) is 30.0. The Hall–Kier alpha value is -6.06. The molecule has 1 aromatic heterocycles. The molecule has 0 N–H and O–H groups in total. The first kappa shape index (κ1) is 26.6. The van der Waals surface area contributed by atoms with Crippen molar-refractivity contribution in [1.29, 1.82) is 0 Å². The summed E-state index contributed by atoms with van der Waals surface area (Å²) in [5.41, 5.74) is 10.6. The van der Waals surface area contributed by atoms with Crippen molar-refractivity contribution in [2.24, 2.45) is 0 Å². The van der Waals surface area contributed by atoms with Crippen molar-refractivity contribution in [2.75, 3.05) is 9.80 Å². The Bertz CT molecular complexity index is 2170. The van der Waals surface area contributed by atoms with Crippen molar-refractivity contribution >= 4 is 56.1 Å². The molecule has 0 spiro atoms. The minimum absolute atomic E-state index is 0.853. The first-order chi connectivity index (χ1) is 22.3. The van der Waals surface area contributed by atoms with E-state index < -0.39 is 0 Å². The molecule has 0 amide bonds. The monoisotopic (exact) mass is 578 g/mol. The van der Waals surface area contributed by atoms with E-state index in [0.29, 0.717) is 0 Å². The number of rotatable bonds is 7. The third-order valence-corrected chi connectivity index (χ3v) is 8.21. The third kappa shape index (κ3) is 5.11. The summed E-state index contributed by atoms with van der Waals surface area (Å²) in [6.45, 7) is 0. The summed E-state index contributed by atoms with van der Waals surface area (Å²) in [6.07, 6.45) is 0. The highest BCUT2D eigenvalue weighted by molar-refractivity contribution is 6.07. The van der Waals surface area contributed by atoms with Crippen molar-refractivity contribution in [1.82, 2.24) is 0 Å². The van der Waals surface area contributed by atoms with Gasteiger partial charge in [-0.05, 0) is 90.0 Å². The van der Waals surface area contributed by atoms with Crippen LogP contribution in [0.4, 0.5) is 34.1 Å². The molecule has 7 aromatic carbocycles. The SMILES string of the molecule is c1ccc(-c2cccc(N(c3ccccc3)c3ccc4c(c3)oc3ccc(N(c5ccccc5)c5ccccc5)cc34)c2)cc1. The van der Waals surface area contributed by atoms with Gasteiger partial charge in [0.2, 0.25) is 0 Å². The van der Waals surface area contributed by atoms with Gasteiger partial charge in [-0.2, -0.15) is 0 Å². The number of fused-ring (bicyclic) bond motifs is 3. The molecule has 214 valence electrons. The maximum Gasteiger partial charge on any atom is 0.137 e. The zero-order valence-electron chi connectivity index (χ0n) is 24.6. The van der Waals surface area contributed by atoms with Gasteiger partial charge in [0.1, 0.15) is 11.2 Å². The van der Waals surface area contributed by atoms with Gasteiger partial charge in [0.15, 0.2) is 0 Å². The van der Waals surface area contributed by atoms with Crippen LogP contribution in [0.15, 0.2) is 186 Å². The fourth-order valence-corrected chi connectivity index (χ4v) is 6.11. The van der Waals surface area contributed by atoms with Crippen molar-refractivity contribution in [3.8, 4) is 11.1 Å². The maximum atomic E-state index is 6.51. The number of para-hydroxylation sites is 3. The molecule has 0 aliphatic rings. The minimum atomic E-state index is 0.853. The molecule has 0 fully saturated rings. The standard InChI is InChI=1S/C42H30N2O/c1-5-14-31(15-6-1)32-16-13-23-36(28-32)44(35-21-11-4-12-22-35)38-24-26-39-40-29-37(25-27-41(40)45-42(39)30-38)43(33-17-7-2-8-18-33)34-19-9-3-10-20-34/h1-30H. The fourth-order valence-electron chi connectivity index (χ4n) is 6.11. The summed E-state index contributed by atoms with van der Waals surface area (Å²) in [7, 11) is 0. The zero-order valence-corrected chi connectivity index (χ0v) is 24.6. The van der Waals surface area contributed by atoms with Crippen LogP contribution in [-0.2, 0) is 0 Å². The maximum absolute atomic E-state index is 6.51. The molecular weight excluding hydrogens is 548 g/mol. The lowest BCUT2D eigenvalue weighted by atomic mass is 10.0. The van der Waals surface area contributed by atoms with Gasteiger partial charge >= 0.3 is 0 Å². The molecule has 8 rings (SSSR count). The van der Waals surface area contributed by atoms with E-state index >= 15 is 0 Å². The lowest BCUT2D eigenvalue weighted by molar-refractivity contribution is 0.669. The van der Waals surface area contributed by atoms with Gasteiger partial charge in [0, 0.05) is 51.0 Å².